The third-order valence-electron chi connectivity index (χ3n) is 3.27. The first-order valence-corrected chi connectivity index (χ1v) is 6.60. The molecule has 5 nitrogen and oxygen atoms in total. The van der Waals surface area contributed by atoms with Gasteiger partial charge in [-0.15, -0.1) is 0 Å². The van der Waals surface area contributed by atoms with Gasteiger partial charge >= 0.3 is 0 Å². The van der Waals surface area contributed by atoms with Gasteiger partial charge in [0.05, 0.1) is 12.0 Å². The zero-order chi connectivity index (χ0) is 12.8. The molecule has 1 aliphatic rings. The molecule has 0 aliphatic heterocycles. The summed E-state index contributed by atoms with van der Waals surface area (Å²) in [7, 11) is 1.67. The number of nitrogens with zero attached hydrogens (tertiary/aromatic N) is 2. The number of imidazole rings is 1. The van der Waals surface area contributed by atoms with E-state index in [1.54, 1.807) is 13.4 Å². The van der Waals surface area contributed by atoms with E-state index in [0.29, 0.717) is 19.7 Å². The van der Waals surface area contributed by atoms with Crippen molar-refractivity contribution in [1.29, 1.82) is 0 Å². The molecule has 0 radical (unpaired) electrons. The molecule has 1 N–H and O–H groups in total. The average Bonchev–Trinajstić information content (AvgIpc) is 2.78. The van der Waals surface area contributed by atoms with E-state index in [1.807, 2.05) is 4.57 Å². The Morgan fingerprint density at radius 1 is 1.50 bits per heavy atom. The van der Waals surface area contributed by atoms with Gasteiger partial charge in [-0.05, 0) is 32.1 Å². The third-order valence-corrected chi connectivity index (χ3v) is 3.27. The molecule has 0 unspecified atom stereocenters. The third kappa shape index (κ3) is 3.32. The summed E-state index contributed by atoms with van der Waals surface area (Å²) in [5, 5.41) is 2.90. The maximum Gasteiger partial charge on any atom is 0.239 e. The maximum absolute atomic E-state index is 11.8. The van der Waals surface area contributed by atoms with Crippen LogP contribution in [0.25, 0.3) is 0 Å². The first-order valence-electron chi connectivity index (χ1n) is 6.60. The molecule has 1 amide bonds. The predicted molar refractivity (Wildman–Crippen MR) is 68.4 cm³/mol. The number of methoxy groups -OCH3 is 1. The first kappa shape index (κ1) is 13.1. The van der Waals surface area contributed by atoms with Gasteiger partial charge in [0.2, 0.25) is 5.91 Å². The molecule has 0 saturated heterocycles. The van der Waals surface area contributed by atoms with Crippen LogP contribution in [0.4, 0.5) is 0 Å². The maximum atomic E-state index is 11.8. The summed E-state index contributed by atoms with van der Waals surface area (Å²) in [6.07, 6.45) is 7.17. The van der Waals surface area contributed by atoms with Gasteiger partial charge in [-0.3, -0.25) is 4.79 Å². The van der Waals surface area contributed by atoms with Crippen LogP contribution in [0.15, 0.2) is 6.33 Å². The Balaban J connectivity index is 1.82. The lowest BCUT2D eigenvalue weighted by molar-refractivity contribution is -0.121. The van der Waals surface area contributed by atoms with Crippen molar-refractivity contribution in [3.63, 3.8) is 0 Å². The van der Waals surface area contributed by atoms with E-state index in [1.165, 1.54) is 24.2 Å². The normalized spacial score (nSPS) is 14.3. The molecular formula is C13H21N3O2. The van der Waals surface area contributed by atoms with E-state index in [0.717, 1.165) is 19.3 Å². The van der Waals surface area contributed by atoms with Gasteiger partial charge in [-0.25, -0.2) is 4.98 Å². The molecule has 100 valence electrons. The van der Waals surface area contributed by atoms with Gasteiger partial charge in [0.1, 0.15) is 6.54 Å². The molecule has 0 aromatic carbocycles. The Hall–Kier alpha value is -1.36. The minimum Gasteiger partial charge on any atom is -0.385 e. The highest BCUT2D eigenvalue weighted by atomic mass is 16.5. The van der Waals surface area contributed by atoms with Gasteiger partial charge in [0, 0.05) is 26.0 Å². The number of hydrogen-bond acceptors (Lipinski definition) is 3. The highest BCUT2D eigenvalue weighted by Crippen LogP contribution is 2.19. The van der Waals surface area contributed by atoms with Crippen LogP contribution in [0.1, 0.15) is 30.7 Å². The van der Waals surface area contributed by atoms with Crippen LogP contribution in [0.3, 0.4) is 0 Å². The van der Waals surface area contributed by atoms with Crippen molar-refractivity contribution >= 4 is 5.91 Å². The fraction of sp³-hybridized carbons (Fsp3) is 0.692. The largest absolute Gasteiger partial charge is 0.385 e. The molecule has 0 fully saturated rings. The molecule has 0 spiro atoms. The number of carbonyl (C=O) groups is 1. The zero-order valence-corrected chi connectivity index (χ0v) is 10.9. The number of aromatic nitrogens is 2. The lowest BCUT2D eigenvalue weighted by atomic mass is 10.0. The molecule has 18 heavy (non-hydrogen) atoms. The Labute approximate surface area is 108 Å². The van der Waals surface area contributed by atoms with Crippen LogP contribution in [0, 0.1) is 0 Å². The van der Waals surface area contributed by atoms with Gasteiger partial charge in [-0.2, -0.15) is 0 Å². The number of amides is 1. The van der Waals surface area contributed by atoms with Gasteiger partial charge in [-0.1, -0.05) is 0 Å². The van der Waals surface area contributed by atoms with Gasteiger partial charge < -0.3 is 14.6 Å². The minimum absolute atomic E-state index is 0.0527. The summed E-state index contributed by atoms with van der Waals surface area (Å²) in [5.41, 5.74) is 2.42. The van der Waals surface area contributed by atoms with Gasteiger partial charge in [0.15, 0.2) is 0 Å². The van der Waals surface area contributed by atoms with Crippen LogP contribution < -0.4 is 5.32 Å². The number of carbonyl (C=O) groups excluding carboxylic acids is 1. The second kappa shape index (κ2) is 6.54. The molecule has 0 bridgehead atoms. The number of fused-ring (bicyclic) bond motifs is 1. The molecule has 1 aliphatic carbocycles. The second-order valence-corrected chi connectivity index (χ2v) is 4.67. The minimum atomic E-state index is 0.0527. The van der Waals surface area contributed by atoms with E-state index < -0.39 is 0 Å². The lowest BCUT2D eigenvalue weighted by Gasteiger charge is -2.13. The quantitative estimate of drug-likeness (QED) is 0.765. The summed E-state index contributed by atoms with van der Waals surface area (Å²) in [6, 6.07) is 0. The zero-order valence-electron chi connectivity index (χ0n) is 10.9. The van der Waals surface area contributed by atoms with Crippen molar-refractivity contribution < 1.29 is 9.53 Å². The Kier molecular flexibility index (Phi) is 4.75. The fourth-order valence-corrected chi connectivity index (χ4v) is 2.32. The monoisotopic (exact) mass is 251 g/mol. The van der Waals surface area contributed by atoms with E-state index in [-0.39, 0.29) is 5.91 Å². The summed E-state index contributed by atoms with van der Waals surface area (Å²) in [5.74, 6) is 0.0527. The highest BCUT2D eigenvalue weighted by molar-refractivity contribution is 5.75. The van der Waals surface area contributed by atoms with Crippen LogP contribution in [-0.2, 0) is 28.9 Å². The molecule has 5 heteroatoms. The van der Waals surface area contributed by atoms with Crippen molar-refractivity contribution in [3.05, 3.63) is 17.7 Å². The fourth-order valence-electron chi connectivity index (χ4n) is 2.32. The Morgan fingerprint density at radius 3 is 3.17 bits per heavy atom. The van der Waals surface area contributed by atoms with E-state index in [4.69, 9.17) is 4.74 Å². The summed E-state index contributed by atoms with van der Waals surface area (Å²) in [4.78, 5) is 16.1. The van der Waals surface area contributed by atoms with Crippen LogP contribution >= 0.6 is 0 Å². The summed E-state index contributed by atoms with van der Waals surface area (Å²) in [6.45, 7) is 1.74. The number of rotatable bonds is 6. The number of aryl methyl sites for hydroxylation is 1. The molecule has 1 aromatic heterocycles. The number of ether oxygens (including phenoxy) is 1. The van der Waals surface area contributed by atoms with Crippen LogP contribution in [0.2, 0.25) is 0 Å². The predicted octanol–water partition coefficient (Wildman–Crippen LogP) is 0.915. The van der Waals surface area contributed by atoms with E-state index in [9.17, 15) is 4.79 Å². The van der Waals surface area contributed by atoms with Crippen LogP contribution in [-0.4, -0.2) is 35.7 Å². The van der Waals surface area contributed by atoms with E-state index >= 15 is 0 Å². The van der Waals surface area contributed by atoms with E-state index in [2.05, 4.69) is 10.3 Å². The summed E-state index contributed by atoms with van der Waals surface area (Å²) >= 11 is 0. The Bertz CT molecular complexity index is 401. The van der Waals surface area contributed by atoms with Crippen molar-refractivity contribution in [1.82, 2.24) is 14.9 Å². The standard InChI is InChI=1S/C13H21N3O2/c1-18-8-4-7-14-13(17)9-16-10-15-11-5-2-3-6-12(11)16/h10H,2-9H2,1H3,(H,14,17). The number of hydrogen-bond donors (Lipinski definition) is 1. The van der Waals surface area contributed by atoms with Crippen molar-refractivity contribution in [2.75, 3.05) is 20.3 Å². The lowest BCUT2D eigenvalue weighted by Crippen LogP contribution is -2.29. The second-order valence-electron chi connectivity index (χ2n) is 4.67. The smallest absolute Gasteiger partial charge is 0.239 e. The first-order chi connectivity index (χ1) is 8.81. The molecule has 2 rings (SSSR count). The topological polar surface area (TPSA) is 56.1 Å². The molecule has 1 aromatic rings. The van der Waals surface area contributed by atoms with Crippen molar-refractivity contribution in [2.24, 2.45) is 0 Å². The average molecular weight is 251 g/mol. The highest BCUT2D eigenvalue weighted by Gasteiger charge is 2.16. The Morgan fingerprint density at radius 2 is 2.33 bits per heavy atom. The SMILES string of the molecule is COCCCNC(=O)Cn1cnc2c1CCCC2. The van der Waals surface area contributed by atoms with Crippen molar-refractivity contribution in [2.45, 2.75) is 38.6 Å². The molecular weight excluding hydrogens is 230 g/mol. The van der Waals surface area contributed by atoms with Gasteiger partial charge in [0.25, 0.3) is 0 Å². The van der Waals surface area contributed by atoms with Crippen LogP contribution in [0.5, 0.6) is 0 Å². The summed E-state index contributed by atoms with van der Waals surface area (Å²) < 4.78 is 6.92. The molecule has 1 heterocycles. The molecule has 0 saturated carbocycles. The number of nitrogens with one attached hydrogen (secondary N) is 1. The molecule has 0 atom stereocenters. The van der Waals surface area contributed by atoms with Crippen molar-refractivity contribution in [3.8, 4) is 0 Å².